The van der Waals surface area contributed by atoms with E-state index in [0.29, 0.717) is 11.3 Å². The fourth-order valence-electron chi connectivity index (χ4n) is 1.84. The van der Waals surface area contributed by atoms with Gasteiger partial charge in [-0.15, -0.1) is 0 Å². The van der Waals surface area contributed by atoms with Crippen LogP contribution in [0.25, 0.3) is 0 Å². The van der Waals surface area contributed by atoms with Gasteiger partial charge in [0.2, 0.25) is 10.0 Å². The molecule has 0 unspecified atom stereocenters. The zero-order valence-corrected chi connectivity index (χ0v) is 13.6. The Hall–Kier alpha value is -1.60. The van der Waals surface area contributed by atoms with Gasteiger partial charge in [-0.1, -0.05) is 20.8 Å². The molecule has 2 N–H and O–H groups in total. The molecular weight excluding hydrogens is 294 g/mol. The predicted octanol–water partition coefficient (Wildman–Crippen LogP) is 1.78. The lowest BCUT2D eigenvalue weighted by molar-refractivity contribution is -0.141. The quantitative estimate of drug-likeness (QED) is 0.864. The molecule has 0 aromatic heterocycles. The van der Waals surface area contributed by atoms with Crippen LogP contribution in [0.4, 0.5) is 0 Å². The van der Waals surface area contributed by atoms with Gasteiger partial charge in [0.1, 0.15) is 11.8 Å². The SMILES string of the molecule is COc1ccc(S(=O)(=O)N[C@H](C(=O)O)C(C)(C)C)cc1C. The molecule has 0 aliphatic rings. The largest absolute Gasteiger partial charge is 0.496 e. The van der Waals surface area contributed by atoms with Crippen LogP contribution in [-0.4, -0.2) is 32.6 Å². The van der Waals surface area contributed by atoms with Gasteiger partial charge in [-0.25, -0.2) is 8.42 Å². The molecule has 0 fully saturated rings. The van der Waals surface area contributed by atoms with Gasteiger partial charge in [-0.05, 0) is 36.1 Å². The number of benzene rings is 1. The van der Waals surface area contributed by atoms with Gasteiger partial charge in [-0.3, -0.25) is 4.79 Å². The molecule has 0 amide bonds. The number of hydrogen-bond acceptors (Lipinski definition) is 4. The van der Waals surface area contributed by atoms with E-state index in [0.717, 1.165) is 0 Å². The van der Waals surface area contributed by atoms with E-state index in [9.17, 15) is 18.3 Å². The number of methoxy groups -OCH3 is 1. The molecule has 118 valence electrons. The van der Waals surface area contributed by atoms with Crippen LogP contribution in [0.1, 0.15) is 26.3 Å². The van der Waals surface area contributed by atoms with Crippen molar-refractivity contribution in [3.05, 3.63) is 23.8 Å². The molecule has 6 nitrogen and oxygen atoms in total. The molecule has 1 aromatic carbocycles. The monoisotopic (exact) mass is 315 g/mol. The summed E-state index contributed by atoms with van der Waals surface area (Å²) in [6, 6.07) is 3.15. The maximum Gasteiger partial charge on any atom is 0.322 e. The van der Waals surface area contributed by atoms with Gasteiger partial charge in [0.15, 0.2) is 0 Å². The lowest BCUT2D eigenvalue weighted by atomic mass is 9.88. The summed E-state index contributed by atoms with van der Waals surface area (Å²) in [7, 11) is -2.43. The highest BCUT2D eigenvalue weighted by atomic mass is 32.2. The van der Waals surface area contributed by atoms with Crippen molar-refractivity contribution in [1.29, 1.82) is 0 Å². The van der Waals surface area contributed by atoms with Gasteiger partial charge in [-0.2, -0.15) is 4.72 Å². The van der Waals surface area contributed by atoms with E-state index in [1.165, 1.54) is 25.3 Å². The van der Waals surface area contributed by atoms with Crippen LogP contribution in [-0.2, 0) is 14.8 Å². The van der Waals surface area contributed by atoms with E-state index in [-0.39, 0.29) is 4.90 Å². The van der Waals surface area contributed by atoms with Crippen LogP contribution in [0.15, 0.2) is 23.1 Å². The zero-order chi connectivity index (χ0) is 16.4. The second-order valence-electron chi connectivity index (χ2n) is 5.89. The van der Waals surface area contributed by atoms with E-state index < -0.39 is 27.4 Å². The fourth-order valence-corrected chi connectivity index (χ4v) is 3.32. The first-order valence-corrected chi connectivity index (χ1v) is 7.87. The Morgan fingerprint density at radius 2 is 1.90 bits per heavy atom. The summed E-state index contributed by atoms with van der Waals surface area (Å²) in [5, 5.41) is 9.21. The normalized spacial score (nSPS) is 13.8. The maximum atomic E-state index is 12.3. The van der Waals surface area contributed by atoms with Crippen LogP contribution < -0.4 is 9.46 Å². The van der Waals surface area contributed by atoms with Gasteiger partial charge in [0.25, 0.3) is 0 Å². The van der Waals surface area contributed by atoms with Gasteiger partial charge in [0.05, 0.1) is 12.0 Å². The van der Waals surface area contributed by atoms with E-state index in [2.05, 4.69) is 4.72 Å². The number of carbonyl (C=O) groups is 1. The Kier molecular flexibility index (Phi) is 5.01. The molecule has 0 aliphatic heterocycles. The smallest absolute Gasteiger partial charge is 0.322 e. The molecule has 1 aromatic rings. The van der Waals surface area contributed by atoms with Gasteiger partial charge in [0, 0.05) is 0 Å². The summed E-state index contributed by atoms with van der Waals surface area (Å²) in [5.74, 6) is -0.643. The van der Waals surface area contributed by atoms with Crippen LogP contribution in [0.5, 0.6) is 5.75 Å². The number of carboxylic acid groups (broad SMARTS) is 1. The molecule has 0 saturated carbocycles. The molecule has 0 saturated heterocycles. The van der Waals surface area contributed by atoms with Crippen molar-refractivity contribution in [3.63, 3.8) is 0 Å². The second kappa shape index (κ2) is 6.03. The van der Waals surface area contributed by atoms with Crippen molar-refractivity contribution in [2.24, 2.45) is 5.41 Å². The third kappa shape index (κ3) is 4.18. The lowest BCUT2D eigenvalue weighted by Gasteiger charge is -2.27. The molecule has 0 aliphatic carbocycles. The molecule has 0 heterocycles. The first-order valence-electron chi connectivity index (χ1n) is 6.39. The van der Waals surface area contributed by atoms with Crippen molar-refractivity contribution >= 4 is 16.0 Å². The highest BCUT2D eigenvalue weighted by Gasteiger charge is 2.35. The van der Waals surface area contributed by atoms with Crippen molar-refractivity contribution < 1.29 is 23.1 Å². The van der Waals surface area contributed by atoms with Crippen molar-refractivity contribution in [2.45, 2.75) is 38.6 Å². The Balaban J connectivity index is 3.17. The number of rotatable bonds is 5. The van der Waals surface area contributed by atoms with Gasteiger partial charge >= 0.3 is 5.97 Å². The average molecular weight is 315 g/mol. The average Bonchev–Trinajstić information content (AvgIpc) is 2.34. The fraction of sp³-hybridized carbons (Fsp3) is 0.500. The number of hydrogen-bond donors (Lipinski definition) is 2. The number of sulfonamides is 1. The summed E-state index contributed by atoms with van der Waals surface area (Å²) >= 11 is 0. The molecule has 1 rings (SSSR count). The summed E-state index contributed by atoms with van der Waals surface area (Å²) < 4.78 is 32.0. The minimum absolute atomic E-state index is 0.0105. The van der Waals surface area contributed by atoms with E-state index >= 15 is 0 Å². The van der Waals surface area contributed by atoms with Crippen molar-refractivity contribution in [2.75, 3.05) is 7.11 Å². The molecule has 1 atom stereocenters. The third-order valence-corrected chi connectivity index (χ3v) is 4.48. The van der Waals surface area contributed by atoms with E-state index in [4.69, 9.17) is 4.74 Å². The molecule has 7 heteroatoms. The summed E-state index contributed by atoms with van der Waals surface area (Å²) in [4.78, 5) is 11.3. The molecule has 0 spiro atoms. The summed E-state index contributed by atoms with van der Waals surface area (Å²) in [6.07, 6.45) is 0. The first kappa shape index (κ1) is 17.5. The Bertz CT molecular complexity index is 631. The van der Waals surface area contributed by atoms with Crippen molar-refractivity contribution in [1.82, 2.24) is 4.72 Å². The predicted molar refractivity (Wildman–Crippen MR) is 78.9 cm³/mol. The third-order valence-electron chi connectivity index (χ3n) is 3.06. The number of aliphatic carboxylic acids is 1. The maximum absolute atomic E-state index is 12.3. The Morgan fingerprint density at radius 3 is 2.29 bits per heavy atom. The van der Waals surface area contributed by atoms with Crippen LogP contribution >= 0.6 is 0 Å². The van der Waals surface area contributed by atoms with E-state index in [1.54, 1.807) is 27.7 Å². The minimum atomic E-state index is -3.92. The zero-order valence-electron chi connectivity index (χ0n) is 12.8. The first-order chi connectivity index (χ1) is 9.49. The Labute approximate surface area is 125 Å². The number of ether oxygens (including phenoxy) is 1. The second-order valence-corrected chi connectivity index (χ2v) is 7.60. The van der Waals surface area contributed by atoms with Crippen LogP contribution in [0, 0.1) is 12.3 Å². The summed E-state index contributed by atoms with van der Waals surface area (Å²) in [6.45, 7) is 6.70. The molecule has 21 heavy (non-hydrogen) atoms. The lowest BCUT2D eigenvalue weighted by Crippen LogP contribution is -2.48. The Morgan fingerprint density at radius 1 is 1.33 bits per heavy atom. The van der Waals surface area contributed by atoms with E-state index in [1.807, 2.05) is 0 Å². The number of carboxylic acids is 1. The molecule has 0 radical (unpaired) electrons. The van der Waals surface area contributed by atoms with Crippen LogP contribution in [0.2, 0.25) is 0 Å². The topological polar surface area (TPSA) is 92.7 Å². The number of nitrogens with one attached hydrogen (secondary N) is 1. The number of aryl methyl sites for hydroxylation is 1. The highest BCUT2D eigenvalue weighted by Crippen LogP contribution is 2.24. The van der Waals surface area contributed by atoms with Gasteiger partial charge < -0.3 is 9.84 Å². The summed E-state index contributed by atoms with van der Waals surface area (Å²) in [5.41, 5.74) is -0.0940. The van der Waals surface area contributed by atoms with Crippen molar-refractivity contribution in [3.8, 4) is 5.75 Å². The standard InChI is InChI=1S/C14H21NO5S/c1-9-8-10(6-7-11(9)20-5)21(18,19)15-12(13(16)17)14(2,3)4/h6-8,12,15H,1-5H3,(H,16,17)/t12-/m1/s1. The highest BCUT2D eigenvalue weighted by molar-refractivity contribution is 7.89. The molecule has 0 bridgehead atoms. The van der Waals surface area contributed by atoms with Crippen LogP contribution in [0.3, 0.4) is 0 Å². The molecular formula is C14H21NO5S. The minimum Gasteiger partial charge on any atom is -0.496 e.